The fourth-order valence-corrected chi connectivity index (χ4v) is 3.68. The normalized spacial score (nSPS) is 17.8. The molecule has 0 aromatic carbocycles. The average molecular weight is 318 g/mol. The molecule has 1 fully saturated rings. The van der Waals surface area contributed by atoms with E-state index in [1.165, 1.54) is 4.88 Å². The molecule has 1 aliphatic heterocycles. The second-order valence-electron chi connectivity index (χ2n) is 5.49. The van der Waals surface area contributed by atoms with Gasteiger partial charge in [-0.3, -0.25) is 9.59 Å². The number of amides is 1. The van der Waals surface area contributed by atoms with Crippen LogP contribution in [0.4, 0.5) is 0 Å². The number of nitrogens with zero attached hydrogens (tertiary/aromatic N) is 2. The summed E-state index contributed by atoms with van der Waals surface area (Å²) in [5, 5.41) is 11.0. The minimum atomic E-state index is -0.848. The van der Waals surface area contributed by atoms with Gasteiger partial charge in [-0.2, -0.15) is 0 Å². The lowest BCUT2D eigenvalue weighted by Crippen LogP contribution is -2.37. The molecule has 2 aromatic heterocycles. The third-order valence-electron chi connectivity index (χ3n) is 4.00. The summed E-state index contributed by atoms with van der Waals surface area (Å²) in [6, 6.07) is 7.53. The van der Waals surface area contributed by atoms with Crippen LogP contribution in [0.5, 0.6) is 0 Å². The predicted octanol–water partition coefficient (Wildman–Crippen LogP) is 2.68. The Bertz CT molecular complexity index is 663. The standard InChI is InChI=1S/C16H18N2O3S/c19-15(20)10-12-4-1-8-18(12)16(21)14-6-2-7-17(14)11-13-5-3-9-22-13/h2-3,5-7,9,12H,1,4,8,10-11H2,(H,19,20). The quantitative estimate of drug-likeness (QED) is 0.922. The molecule has 0 saturated carbocycles. The van der Waals surface area contributed by atoms with Gasteiger partial charge in [-0.05, 0) is 36.4 Å². The number of thiophene rings is 1. The van der Waals surface area contributed by atoms with E-state index in [9.17, 15) is 9.59 Å². The first-order chi connectivity index (χ1) is 10.6. The SMILES string of the molecule is O=C(O)CC1CCCN1C(=O)c1cccn1Cc1cccs1. The summed E-state index contributed by atoms with van der Waals surface area (Å²) < 4.78 is 1.93. The Hall–Kier alpha value is -2.08. The van der Waals surface area contributed by atoms with Crippen molar-refractivity contribution in [2.45, 2.75) is 31.8 Å². The van der Waals surface area contributed by atoms with Gasteiger partial charge in [0.2, 0.25) is 0 Å². The van der Waals surface area contributed by atoms with Crippen molar-refractivity contribution in [3.8, 4) is 0 Å². The van der Waals surface area contributed by atoms with Gasteiger partial charge >= 0.3 is 5.97 Å². The van der Waals surface area contributed by atoms with E-state index in [4.69, 9.17) is 5.11 Å². The van der Waals surface area contributed by atoms with Gasteiger partial charge in [-0.1, -0.05) is 6.07 Å². The van der Waals surface area contributed by atoms with Crippen LogP contribution in [0.15, 0.2) is 35.8 Å². The number of carbonyl (C=O) groups excluding carboxylic acids is 1. The summed E-state index contributed by atoms with van der Waals surface area (Å²) in [5.74, 6) is -0.913. The van der Waals surface area contributed by atoms with E-state index in [-0.39, 0.29) is 18.4 Å². The molecule has 1 N–H and O–H groups in total. The minimum Gasteiger partial charge on any atom is -0.481 e. The molecular weight excluding hydrogens is 300 g/mol. The fourth-order valence-electron chi connectivity index (χ4n) is 2.98. The smallest absolute Gasteiger partial charge is 0.305 e. The van der Waals surface area contributed by atoms with Crippen LogP contribution in [0.25, 0.3) is 0 Å². The van der Waals surface area contributed by atoms with Gasteiger partial charge in [-0.15, -0.1) is 11.3 Å². The number of aromatic nitrogens is 1. The van der Waals surface area contributed by atoms with Crippen LogP contribution in [-0.4, -0.2) is 39.0 Å². The first kappa shape index (κ1) is 14.8. The Morgan fingerprint density at radius 3 is 2.91 bits per heavy atom. The van der Waals surface area contributed by atoms with Crippen molar-refractivity contribution < 1.29 is 14.7 Å². The molecule has 1 unspecified atom stereocenters. The molecule has 3 heterocycles. The third kappa shape index (κ3) is 3.06. The second kappa shape index (κ2) is 6.36. The van der Waals surface area contributed by atoms with E-state index in [1.807, 2.05) is 40.4 Å². The van der Waals surface area contributed by atoms with Gasteiger partial charge in [0.25, 0.3) is 5.91 Å². The van der Waals surface area contributed by atoms with E-state index >= 15 is 0 Å². The molecule has 0 radical (unpaired) electrons. The number of aliphatic carboxylic acids is 1. The van der Waals surface area contributed by atoms with Gasteiger partial charge in [0.15, 0.2) is 0 Å². The van der Waals surface area contributed by atoms with Gasteiger partial charge in [-0.25, -0.2) is 0 Å². The summed E-state index contributed by atoms with van der Waals surface area (Å²) in [4.78, 5) is 26.6. The van der Waals surface area contributed by atoms with Crippen molar-refractivity contribution >= 4 is 23.2 Å². The zero-order valence-corrected chi connectivity index (χ0v) is 13.0. The van der Waals surface area contributed by atoms with E-state index in [2.05, 4.69) is 0 Å². The monoisotopic (exact) mass is 318 g/mol. The molecule has 5 nitrogen and oxygen atoms in total. The van der Waals surface area contributed by atoms with E-state index in [0.29, 0.717) is 18.8 Å². The fraction of sp³-hybridized carbons (Fsp3) is 0.375. The number of hydrogen-bond acceptors (Lipinski definition) is 3. The summed E-state index contributed by atoms with van der Waals surface area (Å²) in [6.45, 7) is 1.31. The van der Waals surface area contributed by atoms with Gasteiger partial charge in [0, 0.05) is 23.7 Å². The van der Waals surface area contributed by atoms with Crippen molar-refractivity contribution in [3.05, 3.63) is 46.4 Å². The highest BCUT2D eigenvalue weighted by molar-refractivity contribution is 7.09. The van der Waals surface area contributed by atoms with E-state index < -0.39 is 5.97 Å². The Balaban J connectivity index is 1.77. The Labute approximate surface area is 132 Å². The van der Waals surface area contributed by atoms with Crippen LogP contribution in [0.1, 0.15) is 34.6 Å². The maximum absolute atomic E-state index is 12.8. The van der Waals surface area contributed by atoms with Crippen LogP contribution in [-0.2, 0) is 11.3 Å². The summed E-state index contributed by atoms with van der Waals surface area (Å²) in [7, 11) is 0. The minimum absolute atomic E-state index is 0.0252. The van der Waals surface area contributed by atoms with Crippen molar-refractivity contribution in [2.75, 3.05) is 6.54 Å². The summed E-state index contributed by atoms with van der Waals surface area (Å²) in [6.07, 6.45) is 3.56. The average Bonchev–Trinajstić information content (AvgIpc) is 3.19. The van der Waals surface area contributed by atoms with E-state index in [1.54, 1.807) is 16.2 Å². The zero-order valence-electron chi connectivity index (χ0n) is 12.1. The number of rotatable bonds is 5. The molecular formula is C16H18N2O3S. The van der Waals surface area contributed by atoms with Gasteiger partial charge in [0.05, 0.1) is 13.0 Å². The highest BCUT2D eigenvalue weighted by Gasteiger charge is 2.32. The highest BCUT2D eigenvalue weighted by Crippen LogP contribution is 2.23. The molecule has 22 heavy (non-hydrogen) atoms. The van der Waals surface area contributed by atoms with E-state index in [0.717, 1.165) is 12.8 Å². The van der Waals surface area contributed by atoms with Gasteiger partial charge in [0.1, 0.15) is 5.69 Å². The third-order valence-corrected chi connectivity index (χ3v) is 4.86. The molecule has 0 spiro atoms. The first-order valence-electron chi connectivity index (χ1n) is 7.35. The topological polar surface area (TPSA) is 62.5 Å². The lowest BCUT2D eigenvalue weighted by atomic mass is 10.1. The van der Waals surface area contributed by atoms with Crippen molar-refractivity contribution in [2.24, 2.45) is 0 Å². The molecule has 0 aliphatic carbocycles. The summed E-state index contributed by atoms with van der Waals surface area (Å²) >= 11 is 1.66. The molecule has 1 atom stereocenters. The van der Waals surface area contributed by atoms with Crippen molar-refractivity contribution in [1.29, 1.82) is 0 Å². The van der Waals surface area contributed by atoms with Crippen LogP contribution in [0, 0.1) is 0 Å². The molecule has 1 amide bonds. The van der Waals surface area contributed by atoms with Crippen LogP contribution < -0.4 is 0 Å². The number of hydrogen-bond donors (Lipinski definition) is 1. The van der Waals surface area contributed by atoms with Crippen LogP contribution in [0.2, 0.25) is 0 Å². The number of likely N-dealkylation sites (tertiary alicyclic amines) is 1. The Kier molecular flexibility index (Phi) is 4.29. The molecule has 116 valence electrons. The van der Waals surface area contributed by atoms with Crippen LogP contribution >= 0.6 is 11.3 Å². The molecule has 3 rings (SSSR count). The number of carboxylic acid groups (broad SMARTS) is 1. The number of carbonyl (C=O) groups is 2. The van der Waals surface area contributed by atoms with Crippen LogP contribution in [0.3, 0.4) is 0 Å². The maximum atomic E-state index is 12.8. The maximum Gasteiger partial charge on any atom is 0.305 e. The first-order valence-corrected chi connectivity index (χ1v) is 8.23. The number of carboxylic acids is 1. The molecule has 2 aromatic rings. The lowest BCUT2D eigenvalue weighted by Gasteiger charge is -2.24. The largest absolute Gasteiger partial charge is 0.481 e. The molecule has 1 saturated heterocycles. The van der Waals surface area contributed by atoms with Crippen molar-refractivity contribution in [1.82, 2.24) is 9.47 Å². The van der Waals surface area contributed by atoms with Gasteiger partial charge < -0.3 is 14.6 Å². The summed E-state index contributed by atoms with van der Waals surface area (Å²) in [5.41, 5.74) is 0.630. The Morgan fingerprint density at radius 1 is 1.32 bits per heavy atom. The van der Waals surface area contributed by atoms with Crippen molar-refractivity contribution in [3.63, 3.8) is 0 Å². The molecule has 6 heteroatoms. The lowest BCUT2D eigenvalue weighted by molar-refractivity contribution is -0.137. The Morgan fingerprint density at radius 2 is 2.18 bits per heavy atom. The highest BCUT2D eigenvalue weighted by atomic mass is 32.1. The second-order valence-corrected chi connectivity index (χ2v) is 6.53. The molecule has 0 bridgehead atoms. The predicted molar refractivity (Wildman–Crippen MR) is 84.2 cm³/mol. The zero-order chi connectivity index (χ0) is 15.5. The molecule has 1 aliphatic rings.